The van der Waals surface area contributed by atoms with Crippen molar-refractivity contribution in [1.29, 1.82) is 0 Å². The summed E-state index contributed by atoms with van der Waals surface area (Å²) in [7, 11) is 1.69. The molecule has 1 heterocycles. The van der Waals surface area contributed by atoms with Crippen LogP contribution < -0.4 is 5.32 Å². The second kappa shape index (κ2) is 8.79. The molecule has 5 heteroatoms. The summed E-state index contributed by atoms with van der Waals surface area (Å²) in [6, 6.07) is 8.08. The molecular weight excluding hydrogens is 316 g/mol. The molecule has 2 aliphatic rings. The standard InChI is InChI=1S/C20H30N2O3/c1-24-15-18-8-4-3-7-17(18)13-21-19(23)14-22-11-12-25-20(16-22)9-5-2-6-10-20/h3-4,7-8H,2,5-6,9-16H2,1H3,(H,21,23). The van der Waals surface area contributed by atoms with E-state index < -0.39 is 0 Å². The predicted molar refractivity (Wildman–Crippen MR) is 97.2 cm³/mol. The Kier molecular flexibility index (Phi) is 6.45. The minimum atomic E-state index is 0.00183. The Bertz CT molecular complexity index is 564. The van der Waals surface area contributed by atoms with Crippen LogP contribution in [-0.2, 0) is 27.4 Å². The van der Waals surface area contributed by atoms with Crippen molar-refractivity contribution in [3.05, 3.63) is 35.4 Å². The topological polar surface area (TPSA) is 50.8 Å². The fourth-order valence-electron chi connectivity index (χ4n) is 4.04. The average Bonchev–Trinajstić information content (AvgIpc) is 2.62. The molecule has 0 unspecified atom stereocenters. The molecular formula is C20H30N2O3. The number of methoxy groups -OCH3 is 1. The lowest BCUT2D eigenvalue weighted by atomic mass is 9.83. The summed E-state index contributed by atoms with van der Waals surface area (Å²) in [4.78, 5) is 14.7. The SMILES string of the molecule is COCc1ccccc1CNC(=O)CN1CCOC2(CCCCC2)C1. The molecule has 1 saturated heterocycles. The predicted octanol–water partition coefficient (Wildman–Crippen LogP) is 2.48. The summed E-state index contributed by atoms with van der Waals surface area (Å²) in [5.41, 5.74) is 2.24. The molecule has 2 fully saturated rings. The van der Waals surface area contributed by atoms with Crippen LogP contribution in [0, 0.1) is 0 Å². The van der Waals surface area contributed by atoms with Gasteiger partial charge in [-0.1, -0.05) is 43.5 Å². The quantitative estimate of drug-likeness (QED) is 0.860. The summed E-state index contributed by atoms with van der Waals surface area (Å²) in [5.74, 6) is 0.0834. The Balaban J connectivity index is 1.49. The first-order valence-electron chi connectivity index (χ1n) is 9.39. The van der Waals surface area contributed by atoms with E-state index in [-0.39, 0.29) is 11.5 Å². The first kappa shape index (κ1) is 18.4. The van der Waals surface area contributed by atoms with Gasteiger partial charge in [-0.2, -0.15) is 0 Å². The average molecular weight is 346 g/mol. The number of morpholine rings is 1. The lowest BCUT2D eigenvalue weighted by molar-refractivity contribution is -0.138. The van der Waals surface area contributed by atoms with Gasteiger partial charge in [-0.3, -0.25) is 9.69 Å². The third kappa shape index (κ3) is 5.03. The van der Waals surface area contributed by atoms with Crippen molar-refractivity contribution in [2.75, 3.05) is 33.4 Å². The first-order chi connectivity index (χ1) is 12.2. The Morgan fingerprint density at radius 2 is 2.00 bits per heavy atom. The highest BCUT2D eigenvalue weighted by Crippen LogP contribution is 2.34. The summed E-state index contributed by atoms with van der Waals surface area (Å²) >= 11 is 0. The Hall–Kier alpha value is -1.43. The second-order valence-corrected chi connectivity index (χ2v) is 7.28. The maximum Gasteiger partial charge on any atom is 0.234 e. The molecule has 0 bridgehead atoms. The van der Waals surface area contributed by atoms with E-state index in [0.29, 0.717) is 19.7 Å². The van der Waals surface area contributed by atoms with E-state index in [0.717, 1.165) is 43.7 Å². The molecule has 1 aromatic carbocycles. The van der Waals surface area contributed by atoms with Crippen LogP contribution in [0.2, 0.25) is 0 Å². The van der Waals surface area contributed by atoms with Gasteiger partial charge < -0.3 is 14.8 Å². The fourth-order valence-corrected chi connectivity index (χ4v) is 4.04. The van der Waals surface area contributed by atoms with Gasteiger partial charge in [0.2, 0.25) is 5.91 Å². The van der Waals surface area contributed by atoms with Gasteiger partial charge in [-0.25, -0.2) is 0 Å². The zero-order chi connectivity index (χ0) is 17.5. The molecule has 25 heavy (non-hydrogen) atoms. The zero-order valence-corrected chi connectivity index (χ0v) is 15.3. The van der Waals surface area contributed by atoms with E-state index in [2.05, 4.69) is 10.2 Å². The number of hydrogen-bond donors (Lipinski definition) is 1. The highest BCUT2D eigenvalue weighted by molar-refractivity contribution is 5.78. The largest absolute Gasteiger partial charge is 0.380 e. The number of ether oxygens (including phenoxy) is 2. The number of nitrogens with one attached hydrogen (secondary N) is 1. The number of rotatable bonds is 6. The van der Waals surface area contributed by atoms with Crippen LogP contribution in [-0.4, -0.2) is 49.8 Å². The van der Waals surface area contributed by atoms with Crippen LogP contribution in [0.25, 0.3) is 0 Å². The molecule has 1 aliphatic carbocycles. The number of hydrogen-bond acceptors (Lipinski definition) is 4. The molecule has 138 valence electrons. The number of carbonyl (C=O) groups is 1. The lowest BCUT2D eigenvalue weighted by Gasteiger charge is -2.44. The van der Waals surface area contributed by atoms with Crippen LogP contribution in [0.4, 0.5) is 0 Å². The van der Waals surface area contributed by atoms with Crippen molar-refractivity contribution < 1.29 is 14.3 Å². The smallest absolute Gasteiger partial charge is 0.234 e. The third-order valence-electron chi connectivity index (χ3n) is 5.35. The van der Waals surface area contributed by atoms with E-state index in [1.54, 1.807) is 7.11 Å². The molecule has 1 N–H and O–H groups in total. The molecule has 1 saturated carbocycles. The minimum Gasteiger partial charge on any atom is -0.380 e. The Morgan fingerprint density at radius 3 is 2.76 bits per heavy atom. The van der Waals surface area contributed by atoms with E-state index in [1.807, 2.05) is 24.3 Å². The molecule has 3 rings (SSSR count). The highest BCUT2D eigenvalue weighted by atomic mass is 16.5. The van der Waals surface area contributed by atoms with Gasteiger partial charge in [0.05, 0.1) is 25.4 Å². The maximum atomic E-state index is 12.4. The zero-order valence-electron chi connectivity index (χ0n) is 15.3. The molecule has 1 amide bonds. The van der Waals surface area contributed by atoms with Gasteiger partial charge in [0, 0.05) is 26.7 Å². The van der Waals surface area contributed by atoms with Gasteiger partial charge in [0.1, 0.15) is 0 Å². The molecule has 0 atom stereocenters. The van der Waals surface area contributed by atoms with Crippen LogP contribution in [0.3, 0.4) is 0 Å². The normalized spacial score (nSPS) is 20.5. The van der Waals surface area contributed by atoms with Crippen LogP contribution in [0.15, 0.2) is 24.3 Å². The van der Waals surface area contributed by atoms with E-state index >= 15 is 0 Å². The van der Waals surface area contributed by atoms with Crippen molar-refractivity contribution in [3.63, 3.8) is 0 Å². The minimum absolute atomic E-state index is 0.00183. The van der Waals surface area contributed by atoms with Crippen molar-refractivity contribution in [1.82, 2.24) is 10.2 Å². The highest BCUT2D eigenvalue weighted by Gasteiger charge is 2.37. The second-order valence-electron chi connectivity index (χ2n) is 7.28. The van der Waals surface area contributed by atoms with E-state index in [1.165, 1.54) is 19.3 Å². The van der Waals surface area contributed by atoms with Crippen molar-refractivity contribution >= 4 is 5.91 Å². The Morgan fingerprint density at radius 1 is 1.24 bits per heavy atom. The van der Waals surface area contributed by atoms with Crippen LogP contribution in [0.5, 0.6) is 0 Å². The summed E-state index contributed by atoms with van der Waals surface area (Å²) < 4.78 is 11.3. The van der Waals surface area contributed by atoms with E-state index in [9.17, 15) is 4.79 Å². The fraction of sp³-hybridized carbons (Fsp3) is 0.650. The Labute approximate surface area is 150 Å². The number of carbonyl (C=O) groups excluding carboxylic acids is 1. The van der Waals surface area contributed by atoms with Crippen molar-refractivity contribution in [2.24, 2.45) is 0 Å². The van der Waals surface area contributed by atoms with Crippen LogP contribution >= 0.6 is 0 Å². The molecule has 1 spiro atoms. The van der Waals surface area contributed by atoms with Gasteiger partial charge in [-0.15, -0.1) is 0 Å². The van der Waals surface area contributed by atoms with Gasteiger partial charge in [-0.05, 0) is 24.0 Å². The summed E-state index contributed by atoms with van der Waals surface area (Å²) in [5, 5.41) is 3.06. The molecule has 0 radical (unpaired) electrons. The van der Waals surface area contributed by atoms with E-state index in [4.69, 9.17) is 9.47 Å². The van der Waals surface area contributed by atoms with Crippen LogP contribution in [0.1, 0.15) is 43.2 Å². The monoisotopic (exact) mass is 346 g/mol. The third-order valence-corrected chi connectivity index (χ3v) is 5.35. The summed E-state index contributed by atoms with van der Waals surface area (Å²) in [6.07, 6.45) is 6.07. The van der Waals surface area contributed by atoms with Crippen molar-refractivity contribution in [2.45, 2.75) is 50.9 Å². The molecule has 1 aromatic rings. The maximum absolute atomic E-state index is 12.4. The van der Waals surface area contributed by atoms with Gasteiger partial charge in [0.25, 0.3) is 0 Å². The van der Waals surface area contributed by atoms with Gasteiger partial charge >= 0.3 is 0 Å². The lowest BCUT2D eigenvalue weighted by Crippen LogP contribution is -2.54. The molecule has 5 nitrogen and oxygen atoms in total. The van der Waals surface area contributed by atoms with Gasteiger partial charge in [0.15, 0.2) is 0 Å². The summed E-state index contributed by atoms with van der Waals surface area (Å²) in [6.45, 7) is 4.05. The first-order valence-corrected chi connectivity index (χ1v) is 9.39. The number of benzene rings is 1. The number of nitrogens with zero attached hydrogens (tertiary/aromatic N) is 1. The molecule has 0 aromatic heterocycles. The van der Waals surface area contributed by atoms with Crippen molar-refractivity contribution in [3.8, 4) is 0 Å². The number of amides is 1. The molecule has 1 aliphatic heterocycles.